The highest BCUT2D eigenvalue weighted by Crippen LogP contribution is 2.33. The van der Waals surface area contributed by atoms with Crippen molar-refractivity contribution in [1.29, 1.82) is 0 Å². The second kappa shape index (κ2) is 3.21. The van der Waals surface area contributed by atoms with Crippen LogP contribution in [0.25, 0.3) is 0 Å². The number of ketones is 1. The Morgan fingerprint density at radius 3 is 2.43 bits per heavy atom. The summed E-state index contributed by atoms with van der Waals surface area (Å²) in [7, 11) is 0. The lowest BCUT2D eigenvalue weighted by Crippen LogP contribution is -2.33. The van der Waals surface area contributed by atoms with E-state index in [1.54, 1.807) is 0 Å². The molecule has 0 bridgehead atoms. The molecule has 0 radical (unpaired) electrons. The van der Waals surface area contributed by atoms with Gasteiger partial charge in [-0.2, -0.15) is 0 Å². The Labute approximate surface area is 84.1 Å². The molecule has 1 fully saturated rings. The van der Waals surface area contributed by atoms with Crippen LogP contribution in [-0.2, 0) is 11.2 Å². The molecular formula is C12H15NO. The molecule has 0 aliphatic heterocycles. The summed E-state index contributed by atoms with van der Waals surface area (Å²) in [6, 6.07) is 8.05. The van der Waals surface area contributed by atoms with Gasteiger partial charge < -0.3 is 5.73 Å². The summed E-state index contributed by atoms with van der Waals surface area (Å²) >= 11 is 0. The van der Waals surface area contributed by atoms with Gasteiger partial charge >= 0.3 is 0 Å². The number of carbonyl (C=O) groups is 1. The van der Waals surface area contributed by atoms with Crippen molar-refractivity contribution in [3.63, 3.8) is 0 Å². The molecular weight excluding hydrogens is 174 g/mol. The first-order valence-corrected chi connectivity index (χ1v) is 4.98. The predicted octanol–water partition coefficient (Wildman–Crippen LogP) is 1.60. The first-order valence-electron chi connectivity index (χ1n) is 4.98. The van der Waals surface area contributed by atoms with E-state index in [0.717, 1.165) is 18.4 Å². The fourth-order valence-electron chi connectivity index (χ4n) is 1.48. The Morgan fingerprint density at radius 2 is 1.93 bits per heavy atom. The first-order chi connectivity index (χ1) is 6.60. The van der Waals surface area contributed by atoms with Crippen LogP contribution < -0.4 is 5.73 Å². The maximum Gasteiger partial charge on any atom is 0.156 e. The maximum atomic E-state index is 11.7. The average molecular weight is 189 g/mol. The minimum atomic E-state index is -0.481. The van der Waals surface area contributed by atoms with Gasteiger partial charge in [0.2, 0.25) is 0 Å². The number of nitrogens with two attached hydrogens (primary N) is 1. The molecule has 1 aliphatic rings. The van der Waals surface area contributed by atoms with E-state index in [1.807, 2.05) is 31.2 Å². The molecule has 0 amide bonds. The van der Waals surface area contributed by atoms with Crippen molar-refractivity contribution in [2.24, 2.45) is 5.73 Å². The highest BCUT2D eigenvalue weighted by molar-refractivity contribution is 5.92. The summed E-state index contributed by atoms with van der Waals surface area (Å²) in [6.45, 7) is 2.04. The molecule has 1 aromatic carbocycles. The topological polar surface area (TPSA) is 43.1 Å². The van der Waals surface area contributed by atoms with E-state index in [1.165, 1.54) is 5.56 Å². The van der Waals surface area contributed by atoms with E-state index in [0.29, 0.717) is 6.42 Å². The van der Waals surface area contributed by atoms with Gasteiger partial charge in [0.25, 0.3) is 0 Å². The highest BCUT2D eigenvalue weighted by atomic mass is 16.1. The van der Waals surface area contributed by atoms with Crippen molar-refractivity contribution < 1.29 is 4.79 Å². The lowest BCUT2D eigenvalue weighted by atomic mass is 10.0. The zero-order chi connectivity index (χ0) is 10.2. The number of hydrogen-bond acceptors (Lipinski definition) is 2. The van der Waals surface area contributed by atoms with Crippen molar-refractivity contribution in [3.05, 3.63) is 35.4 Å². The molecule has 2 nitrogen and oxygen atoms in total. The molecule has 1 aromatic rings. The highest BCUT2D eigenvalue weighted by Gasteiger charge is 2.44. The van der Waals surface area contributed by atoms with Gasteiger partial charge in [-0.15, -0.1) is 0 Å². The van der Waals surface area contributed by atoms with E-state index < -0.39 is 5.54 Å². The van der Waals surface area contributed by atoms with Gasteiger partial charge in [-0.05, 0) is 25.3 Å². The quantitative estimate of drug-likeness (QED) is 0.784. The van der Waals surface area contributed by atoms with Crippen LogP contribution in [0.2, 0.25) is 0 Å². The number of benzene rings is 1. The van der Waals surface area contributed by atoms with Crippen molar-refractivity contribution in [3.8, 4) is 0 Å². The molecule has 0 saturated heterocycles. The molecule has 1 aliphatic carbocycles. The van der Waals surface area contributed by atoms with Crippen LogP contribution in [0.15, 0.2) is 24.3 Å². The minimum absolute atomic E-state index is 0.182. The lowest BCUT2D eigenvalue weighted by molar-refractivity contribution is -0.120. The Balaban J connectivity index is 2.04. The summed E-state index contributed by atoms with van der Waals surface area (Å²) in [5.74, 6) is 0.182. The molecule has 0 spiro atoms. The van der Waals surface area contributed by atoms with E-state index in [-0.39, 0.29) is 5.78 Å². The van der Waals surface area contributed by atoms with Crippen LogP contribution in [0, 0.1) is 6.92 Å². The van der Waals surface area contributed by atoms with Gasteiger partial charge in [0.1, 0.15) is 0 Å². The van der Waals surface area contributed by atoms with Gasteiger partial charge in [0, 0.05) is 6.42 Å². The van der Waals surface area contributed by atoms with Gasteiger partial charge in [-0.25, -0.2) is 0 Å². The minimum Gasteiger partial charge on any atom is -0.319 e. The third-order valence-electron chi connectivity index (χ3n) is 2.83. The first kappa shape index (κ1) is 9.41. The fraction of sp³-hybridized carbons (Fsp3) is 0.417. The van der Waals surface area contributed by atoms with E-state index in [9.17, 15) is 4.79 Å². The summed E-state index contributed by atoms with van der Waals surface area (Å²) in [4.78, 5) is 11.7. The molecule has 74 valence electrons. The third-order valence-corrected chi connectivity index (χ3v) is 2.83. The molecule has 2 N–H and O–H groups in total. The number of aryl methyl sites for hydroxylation is 1. The summed E-state index contributed by atoms with van der Waals surface area (Å²) < 4.78 is 0. The molecule has 2 heteroatoms. The Hall–Kier alpha value is -1.15. The molecule has 1 saturated carbocycles. The zero-order valence-electron chi connectivity index (χ0n) is 8.42. The van der Waals surface area contributed by atoms with Crippen LogP contribution in [0.5, 0.6) is 0 Å². The SMILES string of the molecule is Cc1ccc(CC(=O)C2(N)CC2)cc1. The van der Waals surface area contributed by atoms with E-state index in [2.05, 4.69) is 0 Å². The number of carbonyl (C=O) groups excluding carboxylic acids is 1. The van der Waals surface area contributed by atoms with Crippen molar-refractivity contribution in [2.45, 2.75) is 31.7 Å². The molecule has 14 heavy (non-hydrogen) atoms. The second-order valence-corrected chi connectivity index (χ2v) is 4.24. The predicted molar refractivity (Wildman–Crippen MR) is 56.0 cm³/mol. The summed E-state index contributed by atoms with van der Waals surface area (Å²) in [5, 5.41) is 0. The summed E-state index contributed by atoms with van der Waals surface area (Å²) in [6.07, 6.45) is 2.20. The molecule has 0 aromatic heterocycles. The van der Waals surface area contributed by atoms with Crippen molar-refractivity contribution in [1.82, 2.24) is 0 Å². The fourth-order valence-corrected chi connectivity index (χ4v) is 1.48. The Morgan fingerprint density at radius 1 is 1.36 bits per heavy atom. The van der Waals surface area contributed by atoms with Crippen molar-refractivity contribution >= 4 is 5.78 Å². The smallest absolute Gasteiger partial charge is 0.156 e. The Bertz CT molecular complexity index is 349. The molecule has 0 heterocycles. The van der Waals surface area contributed by atoms with Crippen LogP contribution in [0.4, 0.5) is 0 Å². The maximum absolute atomic E-state index is 11.7. The average Bonchev–Trinajstić information content (AvgIpc) is 2.89. The third kappa shape index (κ3) is 1.85. The lowest BCUT2D eigenvalue weighted by Gasteiger charge is -2.07. The van der Waals surface area contributed by atoms with Crippen molar-refractivity contribution in [2.75, 3.05) is 0 Å². The van der Waals surface area contributed by atoms with Crippen LogP contribution in [0.3, 0.4) is 0 Å². The monoisotopic (exact) mass is 189 g/mol. The zero-order valence-corrected chi connectivity index (χ0v) is 8.42. The molecule has 2 rings (SSSR count). The number of hydrogen-bond donors (Lipinski definition) is 1. The standard InChI is InChI=1S/C12H15NO/c1-9-2-4-10(5-3-9)8-11(14)12(13)6-7-12/h2-5H,6-8,13H2,1H3. The van der Waals surface area contributed by atoms with Crippen LogP contribution >= 0.6 is 0 Å². The van der Waals surface area contributed by atoms with Gasteiger partial charge in [-0.1, -0.05) is 29.8 Å². The van der Waals surface area contributed by atoms with Gasteiger partial charge in [0.15, 0.2) is 5.78 Å². The van der Waals surface area contributed by atoms with E-state index in [4.69, 9.17) is 5.73 Å². The molecule has 0 unspecified atom stereocenters. The van der Waals surface area contributed by atoms with Crippen LogP contribution in [0.1, 0.15) is 24.0 Å². The number of Topliss-reactive ketones (excluding diaryl/α,β-unsaturated/α-hetero) is 1. The van der Waals surface area contributed by atoms with Crippen LogP contribution in [-0.4, -0.2) is 11.3 Å². The molecule has 0 atom stereocenters. The Kier molecular flexibility index (Phi) is 2.16. The van der Waals surface area contributed by atoms with E-state index >= 15 is 0 Å². The number of rotatable bonds is 3. The van der Waals surface area contributed by atoms with Gasteiger partial charge in [0.05, 0.1) is 5.54 Å². The second-order valence-electron chi connectivity index (χ2n) is 4.24. The van der Waals surface area contributed by atoms with Gasteiger partial charge in [-0.3, -0.25) is 4.79 Å². The largest absolute Gasteiger partial charge is 0.319 e. The normalized spacial score (nSPS) is 17.9. The summed E-state index contributed by atoms with van der Waals surface area (Å²) in [5.41, 5.74) is 7.62.